The second-order valence-electron chi connectivity index (χ2n) is 5.59. The second-order valence-corrected chi connectivity index (χ2v) is 5.59. The number of nitrogens with zero attached hydrogens (tertiary/aromatic N) is 1. The van der Waals surface area contributed by atoms with Crippen LogP contribution in [0.3, 0.4) is 0 Å². The molecule has 0 radical (unpaired) electrons. The van der Waals surface area contributed by atoms with E-state index >= 15 is 0 Å². The van der Waals surface area contributed by atoms with Crippen molar-refractivity contribution in [1.82, 2.24) is 0 Å². The third-order valence-corrected chi connectivity index (χ3v) is 4.54. The van der Waals surface area contributed by atoms with E-state index in [0.717, 1.165) is 25.7 Å². The first-order chi connectivity index (χ1) is 9.79. The number of ether oxygens (including phenoxy) is 2. The SMILES string of the molecule is N#CC=CC1(c2ccccc2)CCC2(CC1)OCCO2. The lowest BCUT2D eigenvalue weighted by Crippen LogP contribution is -2.41. The van der Waals surface area contributed by atoms with Gasteiger partial charge in [-0.25, -0.2) is 0 Å². The summed E-state index contributed by atoms with van der Waals surface area (Å²) >= 11 is 0. The van der Waals surface area contributed by atoms with E-state index in [-0.39, 0.29) is 11.2 Å². The fraction of sp³-hybridized carbons (Fsp3) is 0.471. The predicted octanol–water partition coefficient (Wildman–Crippen LogP) is 3.32. The number of hydrogen-bond acceptors (Lipinski definition) is 3. The lowest BCUT2D eigenvalue weighted by Gasteiger charge is -2.42. The normalized spacial score (nSPS) is 23.9. The number of benzene rings is 1. The molecular weight excluding hydrogens is 250 g/mol. The highest BCUT2D eigenvalue weighted by Crippen LogP contribution is 2.47. The molecule has 0 N–H and O–H groups in total. The number of hydrogen-bond donors (Lipinski definition) is 0. The second kappa shape index (κ2) is 5.40. The molecule has 0 unspecified atom stereocenters. The minimum atomic E-state index is -0.362. The molecule has 2 aliphatic rings. The Kier molecular flexibility index (Phi) is 3.60. The summed E-state index contributed by atoms with van der Waals surface area (Å²) in [6.45, 7) is 1.40. The van der Waals surface area contributed by atoms with Gasteiger partial charge in [0.25, 0.3) is 0 Å². The first-order valence-electron chi connectivity index (χ1n) is 7.19. The van der Waals surface area contributed by atoms with Crippen LogP contribution in [0, 0.1) is 11.3 Å². The van der Waals surface area contributed by atoms with Crippen LogP contribution in [-0.4, -0.2) is 19.0 Å². The third-order valence-electron chi connectivity index (χ3n) is 4.54. The Morgan fingerprint density at radius 1 is 1.00 bits per heavy atom. The van der Waals surface area contributed by atoms with Crippen molar-refractivity contribution < 1.29 is 9.47 Å². The predicted molar refractivity (Wildman–Crippen MR) is 76.0 cm³/mol. The fourth-order valence-electron chi connectivity index (χ4n) is 3.38. The van der Waals surface area contributed by atoms with Crippen LogP contribution in [0.2, 0.25) is 0 Å². The minimum Gasteiger partial charge on any atom is -0.348 e. The maximum absolute atomic E-state index is 8.88. The molecule has 1 aliphatic heterocycles. The van der Waals surface area contributed by atoms with Crippen molar-refractivity contribution in [3.63, 3.8) is 0 Å². The first-order valence-corrected chi connectivity index (χ1v) is 7.19. The van der Waals surface area contributed by atoms with Gasteiger partial charge in [-0.05, 0) is 18.4 Å². The zero-order chi connectivity index (χ0) is 13.9. The highest BCUT2D eigenvalue weighted by atomic mass is 16.7. The molecule has 3 nitrogen and oxygen atoms in total. The maximum atomic E-state index is 8.88. The van der Waals surface area contributed by atoms with Crippen molar-refractivity contribution >= 4 is 0 Å². The highest BCUT2D eigenvalue weighted by Gasteiger charge is 2.45. The average molecular weight is 269 g/mol. The molecule has 1 aliphatic carbocycles. The zero-order valence-corrected chi connectivity index (χ0v) is 11.5. The molecule has 3 heteroatoms. The van der Waals surface area contributed by atoms with Gasteiger partial charge < -0.3 is 9.47 Å². The van der Waals surface area contributed by atoms with E-state index in [2.05, 4.69) is 36.4 Å². The van der Waals surface area contributed by atoms with Gasteiger partial charge in [-0.15, -0.1) is 0 Å². The molecule has 1 spiro atoms. The summed E-state index contributed by atoms with van der Waals surface area (Å²) in [5, 5.41) is 8.88. The number of allylic oxidation sites excluding steroid dienone is 2. The Labute approximate surface area is 119 Å². The summed E-state index contributed by atoms with van der Waals surface area (Å²) < 4.78 is 11.6. The van der Waals surface area contributed by atoms with E-state index in [0.29, 0.717) is 13.2 Å². The van der Waals surface area contributed by atoms with Gasteiger partial charge in [0.05, 0.1) is 19.3 Å². The van der Waals surface area contributed by atoms with E-state index in [1.165, 1.54) is 5.56 Å². The van der Waals surface area contributed by atoms with E-state index in [1.54, 1.807) is 6.08 Å². The fourth-order valence-corrected chi connectivity index (χ4v) is 3.38. The Morgan fingerprint density at radius 2 is 1.65 bits per heavy atom. The molecule has 2 fully saturated rings. The van der Waals surface area contributed by atoms with Crippen LogP contribution in [0.1, 0.15) is 31.2 Å². The minimum absolute atomic E-state index is 0.0580. The lowest BCUT2D eigenvalue weighted by atomic mass is 9.67. The van der Waals surface area contributed by atoms with Crippen LogP contribution < -0.4 is 0 Å². The summed E-state index contributed by atoms with van der Waals surface area (Å²) in [6, 6.07) is 12.6. The van der Waals surface area contributed by atoms with Gasteiger partial charge in [-0.2, -0.15) is 5.26 Å². The summed E-state index contributed by atoms with van der Waals surface area (Å²) in [5.74, 6) is -0.362. The maximum Gasteiger partial charge on any atom is 0.168 e. The molecule has 0 amide bonds. The molecule has 104 valence electrons. The molecule has 0 atom stereocenters. The average Bonchev–Trinajstić information content (AvgIpc) is 2.97. The van der Waals surface area contributed by atoms with E-state index in [1.807, 2.05) is 6.07 Å². The van der Waals surface area contributed by atoms with Gasteiger partial charge >= 0.3 is 0 Å². The standard InChI is InChI=1S/C17H19NO2/c18-12-4-7-16(15-5-2-1-3-6-15)8-10-17(11-9-16)19-13-14-20-17/h1-7H,8-11,13-14H2. The Hall–Kier alpha value is -1.63. The first kappa shape index (κ1) is 13.4. The van der Waals surface area contributed by atoms with Gasteiger partial charge in [-0.3, -0.25) is 0 Å². The number of rotatable bonds is 2. The quantitative estimate of drug-likeness (QED) is 0.773. The van der Waals surface area contributed by atoms with Crippen molar-refractivity contribution in [3.05, 3.63) is 48.0 Å². The topological polar surface area (TPSA) is 42.2 Å². The van der Waals surface area contributed by atoms with Crippen LogP contribution in [0.15, 0.2) is 42.5 Å². The molecule has 1 aromatic carbocycles. The summed E-state index contributed by atoms with van der Waals surface area (Å²) in [5.41, 5.74) is 1.22. The van der Waals surface area contributed by atoms with Crippen LogP contribution in [0.5, 0.6) is 0 Å². The van der Waals surface area contributed by atoms with Crippen LogP contribution >= 0.6 is 0 Å². The highest BCUT2D eigenvalue weighted by molar-refractivity contribution is 5.33. The van der Waals surface area contributed by atoms with Crippen LogP contribution in [0.4, 0.5) is 0 Å². The summed E-state index contributed by atoms with van der Waals surface area (Å²) in [6.07, 6.45) is 7.35. The van der Waals surface area contributed by atoms with Crippen molar-refractivity contribution in [2.24, 2.45) is 0 Å². The molecule has 1 aromatic rings. The Bertz CT molecular complexity index is 514. The Morgan fingerprint density at radius 3 is 2.25 bits per heavy atom. The third kappa shape index (κ3) is 2.37. The lowest BCUT2D eigenvalue weighted by molar-refractivity contribution is -0.182. The number of nitriles is 1. The molecule has 3 rings (SSSR count). The van der Waals surface area contributed by atoms with E-state index < -0.39 is 0 Å². The van der Waals surface area contributed by atoms with Crippen molar-refractivity contribution in [1.29, 1.82) is 5.26 Å². The summed E-state index contributed by atoms with van der Waals surface area (Å²) in [7, 11) is 0. The van der Waals surface area contributed by atoms with Gasteiger partial charge in [0, 0.05) is 24.3 Å². The molecule has 1 saturated carbocycles. The summed E-state index contributed by atoms with van der Waals surface area (Å²) in [4.78, 5) is 0. The largest absolute Gasteiger partial charge is 0.348 e. The molecule has 20 heavy (non-hydrogen) atoms. The van der Waals surface area contributed by atoms with Gasteiger partial charge in [-0.1, -0.05) is 36.4 Å². The van der Waals surface area contributed by atoms with Gasteiger partial charge in [0.1, 0.15) is 0 Å². The molecule has 1 heterocycles. The smallest absolute Gasteiger partial charge is 0.168 e. The van der Waals surface area contributed by atoms with E-state index in [4.69, 9.17) is 14.7 Å². The van der Waals surface area contributed by atoms with Crippen molar-refractivity contribution in [2.45, 2.75) is 36.9 Å². The van der Waals surface area contributed by atoms with Crippen molar-refractivity contribution in [2.75, 3.05) is 13.2 Å². The molecule has 0 bridgehead atoms. The monoisotopic (exact) mass is 269 g/mol. The van der Waals surface area contributed by atoms with Crippen LogP contribution in [0.25, 0.3) is 0 Å². The van der Waals surface area contributed by atoms with E-state index in [9.17, 15) is 0 Å². The van der Waals surface area contributed by atoms with Gasteiger partial charge in [0.15, 0.2) is 5.79 Å². The van der Waals surface area contributed by atoms with Crippen LogP contribution in [-0.2, 0) is 14.9 Å². The zero-order valence-electron chi connectivity index (χ0n) is 11.5. The van der Waals surface area contributed by atoms with Gasteiger partial charge in [0.2, 0.25) is 0 Å². The molecular formula is C17H19NO2. The Balaban J connectivity index is 1.86. The molecule has 1 saturated heterocycles. The molecule has 0 aromatic heterocycles. The van der Waals surface area contributed by atoms with Crippen molar-refractivity contribution in [3.8, 4) is 6.07 Å².